The molecule has 3 rings (SSSR count). The Bertz CT molecular complexity index is 820. The predicted molar refractivity (Wildman–Crippen MR) is 100 cm³/mol. The Morgan fingerprint density at radius 3 is 2.67 bits per heavy atom. The summed E-state index contributed by atoms with van der Waals surface area (Å²) in [5.41, 5.74) is 4.16. The van der Waals surface area contributed by atoms with Crippen molar-refractivity contribution in [2.24, 2.45) is 5.92 Å². The van der Waals surface area contributed by atoms with E-state index in [2.05, 4.69) is 10.4 Å². The first kappa shape index (κ1) is 19.1. The zero-order chi connectivity index (χ0) is 19.4. The van der Waals surface area contributed by atoms with E-state index in [9.17, 15) is 9.59 Å². The molecule has 1 aliphatic heterocycles. The maximum Gasteiger partial charge on any atom is 0.303 e. The second-order valence-electron chi connectivity index (χ2n) is 6.94. The van der Waals surface area contributed by atoms with Crippen molar-refractivity contribution >= 4 is 11.9 Å². The van der Waals surface area contributed by atoms with Crippen LogP contribution in [0.3, 0.4) is 0 Å². The van der Waals surface area contributed by atoms with Crippen molar-refractivity contribution in [2.45, 2.75) is 33.1 Å². The van der Waals surface area contributed by atoms with Gasteiger partial charge in [-0.1, -0.05) is 0 Å². The lowest BCUT2D eigenvalue weighted by Gasteiger charge is -2.10. The van der Waals surface area contributed by atoms with Crippen molar-refractivity contribution in [3.05, 3.63) is 46.8 Å². The van der Waals surface area contributed by atoms with Crippen molar-refractivity contribution < 1.29 is 19.4 Å². The summed E-state index contributed by atoms with van der Waals surface area (Å²) in [5.74, 6) is -0.516. The Kier molecular flexibility index (Phi) is 5.91. The molecule has 2 heterocycles. The van der Waals surface area contributed by atoms with Gasteiger partial charge in [-0.25, -0.2) is 4.68 Å². The Labute approximate surface area is 158 Å². The van der Waals surface area contributed by atoms with Crippen molar-refractivity contribution in [3.8, 4) is 5.69 Å². The highest BCUT2D eigenvalue weighted by Gasteiger charge is 2.17. The number of aromatic nitrogens is 2. The lowest BCUT2D eigenvalue weighted by molar-refractivity contribution is -0.136. The molecule has 1 aromatic carbocycles. The van der Waals surface area contributed by atoms with E-state index in [1.54, 1.807) is 16.8 Å². The number of hydrogen-bond acceptors (Lipinski definition) is 4. The number of hydrogen-bond donors (Lipinski definition) is 2. The fraction of sp³-hybridized carbons (Fsp3) is 0.450. The van der Waals surface area contributed by atoms with Crippen LogP contribution in [0.1, 0.15) is 40.2 Å². The molecule has 1 amide bonds. The van der Waals surface area contributed by atoms with Crippen LogP contribution >= 0.6 is 0 Å². The summed E-state index contributed by atoms with van der Waals surface area (Å²) in [6, 6.07) is 7.27. The number of carboxylic acid groups (broad SMARTS) is 1. The minimum Gasteiger partial charge on any atom is -0.481 e. The largest absolute Gasteiger partial charge is 0.481 e. The van der Waals surface area contributed by atoms with Crippen LogP contribution in [0.15, 0.2) is 24.3 Å². The molecule has 0 aliphatic carbocycles. The van der Waals surface area contributed by atoms with Gasteiger partial charge in [-0.15, -0.1) is 0 Å². The maximum absolute atomic E-state index is 12.3. The van der Waals surface area contributed by atoms with E-state index in [4.69, 9.17) is 9.84 Å². The molecule has 1 fully saturated rings. The van der Waals surface area contributed by atoms with Gasteiger partial charge in [0.15, 0.2) is 0 Å². The second-order valence-corrected chi connectivity index (χ2v) is 6.94. The molecule has 7 nitrogen and oxygen atoms in total. The summed E-state index contributed by atoms with van der Waals surface area (Å²) < 4.78 is 7.12. The number of nitrogens with one attached hydrogen (secondary N) is 1. The van der Waals surface area contributed by atoms with Gasteiger partial charge in [-0.2, -0.15) is 5.10 Å². The molecule has 1 atom stereocenters. The van der Waals surface area contributed by atoms with Crippen LogP contribution in [-0.2, 0) is 16.0 Å². The van der Waals surface area contributed by atoms with Crippen LogP contribution in [0.5, 0.6) is 0 Å². The zero-order valence-electron chi connectivity index (χ0n) is 15.7. The SMILES string of the molecule is Cc1nn(-c2ccc(C(=O)NCC3CCOC3)cc2)c(C)c1CCC(=O)O. The standard InChI is InChI=1S/C20H25N3O4/c1-13-18(7-8-19(24)25)14(2)23(22-13)17-5-3-16(4-6-17)20(26)21-11-15-9-10-27-12-15/h3-6,15H,7-12H2,1-2H3,(H,21,26)(H,24,25). The molecule has 1 aromatic heterocycles. The van der Waals surface area contributed by atoms with E-state index in [0.29, 0.717) is 31.1 Å². The first-order valence-corrected chi connectivity index (χ1v) is 9.19. The minimum atomic E-state index is -0.818. The van der Waals surface area contributed by atoms with Gasteiger partial charge >= 0.3 is 5.97 Å². The number of benzene rings is 1. The summed E-state index contributed by atoms with van der Waals surface area (Å²) in [4.78, 5) is 23.1. The van der Waals surface area contributed by atoms with Gasteiger partial charge in [0.05, 0.1) is 18.0 Å². The van der Waals surface area contributed by atoms with Gasteiger partial charge in [-0.3, -0.25) is 9.59 Å². The van der Waals surface area contributed by atoms with Crippen LogP contribution in [0.4, 0.5) is 0 Å². The number of amides is 1. The summed E-state index contributed by atoms with van der Waals surface area (Å²) in [6.45, 7) is 5.93. The van der Waals surface area contributed by atoms with Crippen LogP contribution < -0.4 is 5.32 Å². The number of nitrogens with zero attached hydrogens (tertiary/aromatic N) is 2. The highest BCUT2D eigenvalue weighted by atomic mass is 16.5. The zero-order valence-corrected chi connectivity index (χ0v) is 15.7. The Hall–Kier alpha value is -2.67. The number of carbonyl (C=O) groups excluding carboxylic acids is 1. The number of aryl methyl sites for hydroxylation is 1. The molecule has 0 bridgehead atoms. The molecule has 27 heavy (non-hydrogen) atoms. The van der Waals surface area contributed by atoms with Gasteiger partial charge < -0.3 is 15.2 Å². The van der Waals surface area contributed by atoms with Gasteiger partial charge in [0, 0.05) is 36.7 Å². The molecule has 7 heteroatoms. The molecule has 1 saturated heterocycles. The third-order valence-corrected chi connectivity index (χ3v) is 4.98. The third-order valence-electron chi connectivity index (χ3n) is 4.98. The highest BCUT2D eigenvalue weighted by molar-refractivity contribution is 5.94. The molecule has 0 spiro atoms. The fourth-order valence-electron chi connectivity index (χ4n) is 3.36. The summed E-state index contributed by atoms with van der Waals surface area (Å²) in [5, 5.41) is 16.4. The summed E-state index contributed by atoms with van der Waals surface area (Å²) in [6.07, 6.45) is 1.53. The molecule has 0 radical (unpaired) electrons. The van der Waals surface area contributed by atoms with Crippen LogP contribution in [0, 0.1) is 19.8 Å². The first-order chi connectivity index (χ1) is 13.0. The topological polar surface area (TPSA) is 93.5 Å². The molecule has 2 aromatic rings. The Balaban J connectivity index is 1.68. The van der Waals surface area contributed by atoms with Crippen LogP contribution in [0.25, 0.3) is 5.69 Å². The first-order valence-electron chi connectivity index (χ1n) is 9.19. The van der Waals surface area contributed by atoms with Gasteiger partial charge in [-0.05, 0) is 56.5 Å². The van der Waals surface area contributed by atoms with Gasteiger partial charge in [0.1, 0.15) is 0 Å². The van der Waals surface area contributed by atoms with Crippen molar-refractivity contribution in [2.75, 3.05) is 19.8 Å². The quantitative estimate of drug-likeness (QED) is 0.779. The highest BCUT2D eigenvalue weighted by Crippen LogP contribution is 2.20. The molecule has 0 saturated carbocycles. The van der Waals surface area contributed by atoms with E-state index in [-0.39, 0.29) is 12.3 Å². The Morgan fingerprint density at radius 2 is 2.04 bits per heavy atom. The molecule has 2 N–H and O–H groups in total. The van der Waals surface area contributed by atoms with E-state index in [1.165, 1.54) is 0 Å². The van der Waals surface area contributed by atoms with Gasteiger partial charge in [0.25, 0.3) is 5.91 Å². The maximum atomic E-state index is 12.3. The van der Waals surface area contributed by atoms with E-state index >= 15 is 0 Å². The summed E-state index contributed by atoms with van der Waals surface area (Å²) in [7, 11) is 0. The van der Waals surface area contributed by atoms with E-state index in [1.807, 2.05) is 26.0 Å². The average molecular weight is 371 g/mol. The lowest BCUT2D eigenvalue weighted by Crippen LogP contribution is -2.29. The van der Waals surface area contributed by atoms with Crippen molar-refractivity contribution in [1.82, 2.24) is 15.1 Å². The average Bonchev–Trinajstić information content (AvgIpc) is 3.26. The van der Waals surface area contributed by atoms with E-state index < -0.39 is 5.97 Å². The third kappa shape index (κ3) is 4.54. The molecule has 144 valence electrons. The fourth-order valence-corrected chi connectivity index (χ4v) is 3.36. The number of ether oxygens (including phenoxy) is 1. The number of carboxylic acids is 1. The Morgan fingerprint density at radius 1 is 1.30 bits per heavy atom. The lowest BCUT2D eigenvalue weighted by atomic mass is 10.1. The number of aliphatic carboxylic acids is 1. The van der Waals surface area contributed by atoms with Crippen molar-refractivity contribution in [1.29, 1.82) is 0 Å². The summed E-state index contributed by atoms with van der Waals surface area (Å²) >= 11 is 0. The minimum absolute atomic E-state index is 0.0819. The predicted octanol–water partition coefficient (Wildman–Crippen LogP) is 2.27. The second kappa shape index (κ2) is 8.35. The van der Waals surface area contributed by atoms with Crippen LogP contribution in [-0.4, -0.2) is 46.5 Å². The van der Waals surface area contributed by atoms with Gasteiger partial charge in [0.2, 0.25) is 0 Å². The van der Waals surface area contributed by atoms with Crippen LogP contribution in [0.2, 0.25) is 0 Å². The number of carbonyl (C=O) groups is 2. The molecule has 1 aliphatic rings. The van der Waals surface area contributed by atoms with E-state index in [0.717, 1.165) is 35.7 Å². The smallest absolute Gasteiger partial charge is 0.303 e. The number of rotatable bonds is 7. The monoisotopic (exact) mass is 371 g/mol. The molecular formula is C20H25N3O4. The molecular weight excluding hydrogens is 346 g/mol. The molecule has 1 unspecified atom stereocenters. The normalized spacial score (nSPS) is 16.4. The van der Waals surface area contributed by atoms with Crippen molar-refractivity contribution in [3.63, 3.8) is 0 Å².